The van der Waals surface area contributed by atoms with Gasteiger partial charge in [0.05, 0.1) is 0 Å². The molecule has 6 heteroatoms. The highest BCUT2D eigenvalue weighted by Crippen LogP contribution is 2.05. The largest absolute Gasteiger partial charge is 0.480 e. The predicted molar refractivity (Wildman–Crippen MR) is 97.8 cm³/mol. The molecule has 0 heterocycles. The molecule has 0 saturated carbocycles. The van der Waals surface area contributed by atoms with Crippen LogP contribution in [0.3, 0.4) is 0 Å². The Morgan fingerprint density at radius 3 is 2.15 bits per heavy atom. The Labute approximate surface area is 152 Å². The molecule has 3 N–H and O–H groups in total. The average molecular weight is 354 g/mol. The molecule has 2 atom stereocenters. The maximum Gasteiger partial charge on any atom is 0.326 e. The standard InChI is InChI=1S/C20H22N2O4/c1-13-8-10-16(11-9-13)19(24)21-14(2)18(23)22-17(20(25)26)12-15-6-4-3-5-7-15/h3-11,14,17H,12H2,1-2H3,(H,21,24)(H,22,23)(H,25,26)/t14-,17-/m0/s1. The molecule has 0 radical (unpaired) electrons. The molecule has 0 fully saturated rings. The van der Waals surface area contributed by atoms with Crippen molar-refractivity contribution in [3.05, 3.63) is 71.3 Å². The first-order valence-corrected chi connectivity index (χ1v) is 8.31. The van der Waals surface area contributed by atoms with Gasteiger partial charge in [0, 0.05) is 12.0 Å². The minimum Gasteiger partial charge on any atom is -0.480 e. The summed E-state index contributed by atoms with van der Waals surface area (Å²) in [5, 5.41) is 14.4. The van der Waals surface area contributed by atoms with E-state index in [2.05, 4.69) is 10.6 Å². The van der Waals surface area contributed by atoms with Gasteiger partial charge in [-0.2, -0.15) is 0 Å². The van der Waals surface area contributed by atoms with Gasteiger partial charge in [-0.25, -0.2) is 4.79 Å². The van der Waals surface area contributed by atoms with Gasteiger partial charge in [0.1, 0.15) is 12.1 Å². The van der Waals surface area contributed by atoms with E-state index in [0.29, 0.717) is 5.56 Å². The van der Waals surface area contributed by atoms with Crippen LogP contribution in [0.4, 0.5) is 0 Å². The molecule has 6 nitrogen and oxygen atoms in total. The van der Waals surface area contributed by atoms with Crippen LogP contribution in [0.2, 0.25) is 0 Å². The summed E-state index contributed by atoms with van der Waals surface area (Å²) in [7, 11) is 0. The topological polar surface area (TPSA) is 95.5 Å². The zero-order valence-electron chi connectivity index (χ0n) is 14.7. The molecule has 2 rings (SSSR count). The van der Waals surface area contributed by atoms with E-state index in [-0.39, 0.29) is 12.3 Å². The predicted octanol–water partition coefficient (Wildman–Crippen LogP) is 1.93. The number of carbonyl (C=O) groups excluding carboxylic acids is 2. The van der Waals surface area contributed by atoms with Crippen molar-refractivity contribution in [1.82, 2.24) is 10.6 Å². The number of hydrogen-bond acceptors (Lipinski definition) is 3. The highest BCUT2D eigenvalue weighted by atomic mass is 16.4. The normalized spacial score (nSPS) is 12.7. The van der Waals surface area contributed by atoms with Crippen molar-refractivity contribution < 1.29 is 19.5 Å². The monoisotopic (exact) mass is 354 g/mol. The smallest absolute Gasteiger partial charge is 0.326 e. The summed E-state index contributed by atoms with van der Waals surface area (Å²) in [5.41, 5.74) is 2.27. The average Bonchev–Trinajstić information content (AvgIpc) is 2.62. The third kappa shape index (κ3) is 5.44. The Bertz CT molecular complexity index is 772. The second kappa shape index (κ2) is 8.80. The molecule has 2 amide bonds. The lowest BCUT2D eigenvalue weighted by atomic mass is 10.1. The van der Waals surface area contributed by atoms with Gasteiger partial charge in [0.25, 0.3) is 5.91 Å². The fraction of sp³-hybridized carbons (Fsp3) is 0.250. The van der Waals surface area contributed by atoms with Crippen molar-refractivity contribution in [3.63, 3.8) is 0 Å². The molecule has 0 aliphatic carbocycles. The quantitative estimate of drug-likeness (QED) is 0.708. The van der Waals surface area contributed by atoms with Crippen LogP contribution in [-0.2, 0) is 16.0 Å². The number of carboxylic acids is 1. The van der Waals surface area contributed by atoms with E-state index in [1.165, 1.54) is 6.92 Å². The maximum absolute atomic E-state index is 12.3. The molecule has 26 heavy (non-hydrogen) atoms. The number of nitrogens with one attached hydrogen (secondary N) is 2. The van der Waals surface area contributed by atoms with Crippen LogP contribution in [0.25, 0.3) is 0 Å². The fourth-order valence-electron chi connectivity index (χ4n) is 2.40. The third-order valence-corrected chi connectivity index (χ3v) is 3.95. The number of hydrogen-bond donors (Lipinski definition) is 3. The van der Waals surface area contributed by atoms with Gasteiger partial charge in [-0.05, 0) is 31.5 Å². The van der Waals surface area contributed by atoms with E-state index in [1.807, 2.05) is 13.0 Å². The van der Waals surface area contributed by atoms with E-state index in [0.717, 1.165) is 11.1 Å². The second-order valence-electron chi connectivity index (χ2n) is 6.15. The van der Waals surface area contributed by atoms with Crippen molar-refractivity contribution in [2.45, 2.75) is 32.4 Å². The number of amides is 2. The zero-order chi connectivity index (χ0) is 19.1. The van der Waals surface area contributed by atoms with E-state index in [4.69, 9.17) is 0 Å². The SMILES string of the molecule is Cc1ccc(C(=O)N[C@@H](C)C(=O)N[C@@H](Cc2ccccc2)C(=O)O)cc1. The minimum absolute atomic E-state index is 0.167. The van der Waals surface area contributed by atoms with Gasteiger partial charge in [-0.3, -0.25) is 9.59 Å². The first kappa shape index (κ1) is 19.2. The van der Waals surface area contributed by atoms with Crippen LogP contribution in [-0.4, -0.2) is 35.0 Å². The summed E-state index contributed by atoms with van der Waals surface area (Å²) >= 11 is 0. The number of carboxylic acid groups (broad SMARTS) is 1. The van der Waals surface area contributed by atoms with Gasteiger partial charge in [-0.15, -0.1) is 0 Å². The van der Waals surface area contributed by atoms with E-state index in [9.17, 15) is 19.5 Å². The van der Waals surface area contributed by atoms with Crippen LogP contribution < -0.4 is 10.6 Å². The number of carbonyl (C=O) groups is 3. The second-order valence-corrected chi connectivity index (χ2v) is 6.15. The van der Waals surface area contributed by atoms with Gasteiger partial charge < -0.3 is 15.7 Å². The van der Waals surface area contributed by atoms with Gasteiger partial charge in [-0.1, -0.05) is 48.0 Å². The summed E-state index contributed by atoms with van der Waals surface area (Å²) in [4.78, 5) is 35.9. The summed E-state index contributed by atoms with van der Waals surface area (Å²) in [5.74, 6) is -2.06. The van der Waals surface area contributed by atoms with Crippen LogP contribution in [0.1, 0.15) is 28.4 Å². The molecule has 0 unspecified atom stereocenters. The first-order valence-electron chi connectivity index (χ1n) is 8.31. The lowest BCUT2D eigenvalue weighted by Crippen LogP contribution is -2.51. The van der Waals surface area contributed by atoms with Crippen LogP contribution in [0.15, 0.2) is 54.6 Å². The van der Waals surface area contributed by atoms with Crippen LogP contribution in [0.5, 0.6) is 0 Å². The van der Waals surface area contributed by atoms with Crippen molar-refractivity contribution in [2.75, 3.05) is 0 Å². The molecular formula is C20H22N2O4. The molecule has 0 aromatic heterocycles. The lowest BCUT2D eigenvalue weighted by molar-refractivity contribution is -0.142. The number of aryl methyl sites for hydroxylation is 1. The van der Waals surface area contributed by atoms with Crippen LogP contribution in [0, 0.1) is 6.92 Å². The molecule has 0 aliphatic rings. The molecule has 0 aliphatic heterocycles. The Balaban J connectivity index is 1.96. The third-order valence-electron chi connectivity index (χ3n) is 3.95. The molecule has 0 saturated heterocycles. The summed E-state index contributed by atoms with van der Waals surface area (Å²) in [6, 6.07) is 14.1. The molecule has 2 aromatic carbocycles. The highest BCUT2D eigenvalue weighted by Gasteiger charge is 2.24. The Kier molecular flexibility index (Phi) is 6.49. The Hall–Kier alpha value is -3.15. The van der Waals surface area contributed by atoms with Gasteiger partial charge in [0.2, 0.25) is 5.91 Å². The van der Waals surface area contributed by atoms with E-state index >= 15 is 0 Å². The van der Waals surface area contributed by atoms with Crippen molar-refractivity contribution in [1.29, 1.82) is 0 Å². The zero-order valence-corrected chi connectivity index (χ0v) is 14.7. The lowest BCUT2D eigenvalue weighted by Gasteiger charge is -2.19. The molecular weight excluding hydrogens is 332 g/mol. The highest BCUT2D eigenvalue weighted by molar-refractivity contribution is 5.98. The molecule has 2 aromatic rings. The molecule has 0 bridgehead atoms. The molecule has 0 spiro atoms. The first-order chi connectivity index (χ1) is 12.4. The minimum atomic E-state index is -1.13. The van der Waals surface area contributed by atoms with Crippen molar-refractivity contribution in [3.8, 4) is 0 Å². The van der Waals surface area contributed by atoms with E-state index < -0.39 is 24.0 Å². The van der Waals surface area contributed by atoms with E-state index in [1.54, 1.807) is 48.5 Å². The summed E-state index contributed by atoms with van der Waals surface area (Å²) in [6.45, 7) is 3.43. The van der Waals surface area contributed by atoms with Gasteiger partial charge in [0.15, 0.2) is 0 Å². The molecule has 136 valence electrons. The Morgan fingerprint density at radius 2 is 1.58 bits per heavy atom. The van der Waals surface area contributed by atoms with Crippen molar-refractivity contribution >= 4 is 17.8 Å². The number of benzene rings is 2. The van der Waals surface area contributed by atoms with Gasteiger partial charge >= 0.3 is 5.97 Å². The van der Waals surface area contributed by atoms with Crippen LogP contribution >= 0.6 is 0 Å². The number of rotatable bonds is 7. The fourth-order valence-corrected chi connectivity index (χ4v) is 2.40. The maximum atomic E-state index is 12.3. The Morgan fingerprint density at radius 1 is 0.962 bits per heavy atom. The summed E-state index contributed by atoms with van der Waals surface area (Å²) < 4.78 is 0. The summed E-state index contributed by atoms with van der Waals surface area (Å²) in [6.07, 6.45) is 0.167. The number of aliphatic carboxylic acids is 1. The van der Waals surface area contributed by atoms with Crippen molar-refractivity contribution in [2.24, 2.45) is 0 Å².